The molecule has 1 unspecified atom stereocenters. The molecule has 0 aliphatic carbocycles. The van der Waals surface area contributed by atoms with E-state index in [2.05, 4.69) is 46.1 Å². The van der Waals surface area contributed by atoms with Crippen molar-refractivity contribution in [3.8, 4) is 5.75 Å². The van der Waals surface area contributed by atoms with Gasteiger partial charge in [-0.3, -0.25) is 4.57 Å². The van der Waals surface area contributed by atoms with Crippen LogP contribution in [0.5, 0.6) is 5.75 Å². The van der Waals surface area contributed by atoms with Gasteiger partial charge < -0.3 is 20.1 Å². The van der Waals surface area contributed by atoms with E-state index in [1.807, 2.05) is 24.5 Å². The summed E-state index contributed by atoms with van der Waals surface area (Å²) in [6, 6.07) is 5.45. The van der Waals surface area contributed by atoms with Gasteiger partial charge in [0.25, 0.3) is 0 Å². The number of likely N-dealkylation sites (tertiary alicyclic amines) is 1. The van der Waals surface area contributed by atoms with Crippen LogP contribution < -0.4 is 10.5 Å². The standard InChI is InChI=1S/C23H35N5O2Si/c1-27-10-6-5-7-17(27)15-30-20-8-9-25-23-22(20)18-13-21(24)26-14-19(18)28(23)16-29-11-12-31(2,3)4/h8-9,13-14,17H,5-7,10-12,15-16H2,1-4H3,(H2,24,26). The van der Waals surface area contributed by atoms with Crippen molar-refractivity contribution in [1.29, 1.82) is 0 Å². The number of pyridine rings is 2. The largest absolute Gasteiger partial charge is 0.491 e. The second-order valence-corrected chi connectivity index (χ2v) is 15.5. The van der Waals surface area contributed by atoms with Gasteiger partial charge in [-0.05, 0) is 44.6 Å². The van der Waals surface area contributed by atoms with Gasteiger partial charge in [0.05, 0.1) is 17.1 Å². The Balaban J connectivity index is 1.64. The molecule has 8 heteroatoms. The molecule has 1 saturated heterocycles. The maximum Gasteiger partial charge on any atom is 0.146 e. The summed E-state index contributed by atoms with van der Waals surface area (Å²) >= 11 is 0. The van der Waals surface area contributed by atoms with Gasteiger partial charge in [-0.15, -0.1) is 0 Å². The van der Waals surface area contributed by atoms with Crippen molar-refractivity contribution in [1.82, 2.24) is 19.4 Å². The lowest BCUT2D eigenvalue weighted by Crippen LogP contribution is -2.40. The van der Waals surface area contributed by atoms with Crippen molar-refractivity contribution in [3.05, 3.63) is 24.5 Å². The van der Waals surface area contributed by atoms with E-state index >= 15 is 0 Å². The van der Waals surface area contributed by atoms with Crippen LogP contribution in [-0.4, -0.2) is 60.4 Å². The van der Waals surface area contributed by atoms with E-state index in [0.717, 1.165) is 46.9 Å². The molecular formula is C23H35N5O2Si. The van der Waals surface area contributed by atoms with E-state index in [1.54, 1.807) is 0 Å². The molecule has 2 N–H and O–H groups in total. The highest BCUT2D eigenvalue weighted by Crippen LogP contribution is 2.35. The van der Waals surface area contributed by atoms with Crippen molar-refractivity contribution in [2.24, 2.45) is 0 Å². The number of likely N-dealkylation sites (N-methyl/N-ethyl adjacent to an activating group) is 1. The third-order valence-corrected chi connectivity index (χ3v) is 7.89. The van der Waals surface area contributed by atoms with E-state index in [-0.39, 0.29) is 0 Å². The molecule has 0 saturated carbocycles. The lowest BCUT2D eigenvalue weighted by molar-refractivity contribution is 0.0925. The summed E-state index contributed by atoms with van der Waals surface area (Å²) in [5.74, 6) is 1.34. The van der Waals surface area contributed by atoms with Crippen LogP contribution in [0.3, 0.4) is 0 Å². The molecule has 0 amide bonds. The zero-order valence-corrected chi connectivity index (χ0v) is 20.2. The first-order valence-electron chi connectivity index (χ1n) is 11.3. The molecule has 1 aliphatic rings. The first kappa shape index (κ1) is 22.0. The number of nitrogen functional groups attached to an aromatic ring is 1. The fourth-order valence-electron chi connectivity index (χ4n) is 4.21. The number of fused-ring (bicyclic) bond motifs is 3. The van der Waals surface area contributed by atoms with Crippen molar-refractivity contribution < 1.29 is 9.47 Å². The molecule has 0 radical (unpaired) electrons. The minimum atomic E-state index is -1.14. The monoisotopic (exact) mass is 441 g/mol. The van der Waals surface area contributed by atoms with E-state index in [4.69, 9.17) is 15.2 Å². The minimum Gasteiger partial charge on any atom is -0.491 e. The van der Waals surface area contributed by atoms with E-state index in [1.165, 1.54) is 19.3 Å². The number of hydrogen-bond donors (Lipinski definition) is 1. The molecule has 0 bridgehead atoms. The summed E-state index contributed by atoms with van der Waals surface area (Å²) < 4.78 is 14.5. The maximum atomic E-state index is 6.37. The predicted octanol–water partition coefficient (Wildman–Crippen LogP) is 4.34. The number of aromatic nitrogens is 3. The van der Waals surface area contributed by atoms with Crippen LogP contribution in [0, 0.1) is 0 Å². The summed E-state index contributed by atoms with van der Waals surface area (Å²) in [7, 11) is 1.05. The van der Waals surface area contributed by atoms with Crippen molar-refractivity contribution >= 4 is 35.8 Å². The van der Waals surface area contributed by atoms with Crippen LogP contribution in [0.1, 0.15) is 19.3 Å². The van der Waals surface area contributed by atoms with Gasteiger partial charge in [-0.1, -0.05) is 26.1 Å². The van der Waals surface area contributed by atoms with Gasteiger partial charge >= 0.3 is 0 Å². The average Bonchev–Trinajstić information content (AvgIpc) is 3.03. The molecule has 1 fully saturated rings. The molecule has 31 heavy (non-hydrogen) atoms. The third kappa shape index (κ3) is 5.02. The lowest BCUT2D eigenvalue weighted by Gasteiger charge is -2.32. The fourth-order valence-corrected chi connectivity index (χ4v) is 4.97. The van der Waals surface area contributed by atoms with Gasteiger partial charge in [-0.2, -0.15) is 0 Å². The molecule has 0 spiro atoms. The highest BCUT2D eigenvalue weighted by atomic mass is 28.3. The van der Waals surface area contributed by atoms with Crippen molar-refractivity contribution in [3.63, 3.8) is 0 Å². The molecule has 7 nitrogen and oxygen atoms in total. The average molecular weight is 442 g/mol. The molecule has 1 aliphatic heterocycles. The topological polar surface area (TPSA) is 78.4 Å². The van der Waals surface area contributed by atoms with E-state index < -0.39 is 8.07 Å². The zero-order valence-electron chi connectivity index (χ0n) is 19.2. The Morgan fingerprint density at radius 2 is 2.06 bits per heavy atom. The smallest absolute Gasteiger partial charge is 0.146 e. The molecule has 3 aromatic rings. The SMILES string of the molecule is CN1CCCCC1COc1ccnc2c1c1cc(N)ncc1n2COCC[Si](C)(C)C. The number of hydrogen-bond acceptors (Lipinski definition) is 6. The maximum absolute atomic E-state index is 6.37. The number of rotatable bonds is 8. The minimum absolute atomic E-state index is 0.442. The quantitative estimate of drug-likeness (QED) is 0.414. The van der Waals surface area contributed by atoms with Crippen molar-refractivity contribution in [2.75, 3.05) is 32.5 Å². The Bertz CT molecular complexity index is 1050. The summed E-state index contributed by atoms with van der Waals surface area (Å²) in [5.41, 5.74) is 7.86. The van der Waals surface area contributed by atoms with Gasteiger partial charge in [0, 0.05) is 32.3 Å². The fraction of sp³-hybridized carbons (Fsp3) is 0.565. The number of ether oxygens (including phenoxy) is 2. The summed E-state index contributed by atoms with van der Waals surface area (Å²) in [6.45, 7) is 10.1. The van der Waals surface area contributed by atoms with Gasteiger partial charge in [0.1, 0.15) is 30.6 Å². The highest BCUT2D eigenvalue weighted by molar-refractivity contribution is 6.76. The van der Waals surface area contributed by atoms with Crippen LogP contribution >= 0.6 is 0 Å². The van der Waals surface area contributed by atoms with Crippen LogP contribution in [0.15, 0.2) is 24.5 Å². The predicted molar refractivity (Wildman–Crippen MR) is 129 cm³/mol. The summed E-state index contributed by atoms with van der Waals surface area (Å²) in [5, 5.41) is 2.00. The molecule has 3 aromatic heterocycles. The van der Waals surface area contributed by atoms with Crippen molar-refractivity contribution in [2.45, 2.75) is 57.7 Å². The third-order valence-electron chi connectivity index (χ3n) is 6.18. The molecule has 0 aromatic carbocycles. The number of nitrogens with zero attached hydrogens (tertiary/aromatic N) is 4. The molecule has 4 rings (SSSR count). The molecule has 4 heterocycles. The van der Waals surface area contributed by atoms with E-state index in [9.17, 15) is 0 Å². The number of piperidine rings is 1. The number of nitrogens with two attached hydrogens (primary N) is 1. The van der Waals surface area contributed by atoms with Crippen LogP contribution in [0.4, 0.5) is 5.82 Å². The molecule has 1 atom stereocenters. The first-order valence-corrected chi connectivity index (χ1v) is 15.0. The Morgan fingerprint density at radius 3 is 2.84 bits per heavy atom. The molecule has 168 valence electrons. The zero-order chi connectivity index (χ0) is 22.0. The highest BCUT2D eigenvalue weighted by Gasteiger charge is 2.22. The summed E-state index contributed by atoms with van der Waals surface area (Å²) in [4.78, 5) is 11.4. The first-order chi connectivity index (χ1) is 14.8. The van der Waals surface area contributed by atoms with Gasteiger partial charge in [0.2, 0.25) is 0 Å². The van der Waals surface area contributed by atoms with Gasteiger partial charge in [0.15, 0.2) is 0 Å². The number of anilines is 1. The second kappa shape index (κ2) is 9.14. The Morgan fingerprint density at radius 1 is 1.23 bits per heavy atom. The van der Waals surface area contributed by atoms with Crippen LogP contribution in [0.25, 0.3) is 21.9 Å². The normalized spacial score (nSPS) is 18.1. The van der Waals surface area contributed by atoms with Crippen LogP contribution in [0.2, 0.25) is 25.7 Å². The Labute approximate surface area is 185 Å². The van der Waals surface area contributed by atoms with Crippen LogP contribution in [-0.2, 0) is 11.5 Å². The summed E-state index contributed by atoms with van der Waals surface area (Å²) in [6.07, 6.45) is 7.34. The second-order valence-electron chi connectivity index (χ2n) is 9.85. The lowest BCUT2D eigenvalue weighted by atomic mass is 10.0. The molecular weight excluding hydrogens is 406 g/mol. The Kier molecular flexibility index (Phi) is 6.50. The Hall–Kier alpha value is -2.16. The van der Waals surface area contributed by atoms with E-state index in [0.29, 0.717) is 25.2 Å². The van der Waals surface area contributed by atoms with Gasteiger partial charge in [-0.25, -0.2) is 9.97 Å².